The summed E-state index contributed by atoms with van der Waals surface area (Å²) >= 11 is 5.82. The molecule has 0 spiro atoms. The van der Waals surface area contributed by atoms with E-state index in [1.165, 1.54) is 18.2 Å². The van der Waals surface area contributed by atoms with E-state index in [9.17, 15) is 13.2 Å². The summed E-state index contributed by atoms with van der Waals surface area (Å²) in [5, 5.41) is 9.15. The lowest BCUT2D eigenvalue weighted by atomic mass is 10.2. The number of sulfone groups is 1. The zero-order valence-corrected chi connectivity index (χ0v) is 12.1. The molecule has 2 rings (SSSR count). The van der Waals surface area contributed by atoms with Crippen LogP contribution in [0.1, 0.15) is 15.9 Å². The van der Waals surface area contributed by atoms with Crippen molar-refractivity contribution in [2.24, 2.45) is 0 Å². The molecule has 0 aliphatic heterocycles. The summed E-state index contributed by atoms with van der Waals surface area (Å²) in [6, 6.07) is 4.13. The summed E-state index contributed by atoms with van der Waals surface area (Å²) in [6.07, 6.45) is 4.29. The Morgan fingerprint density at radius 1 is 1.45 bits per heavy atom. The molecule has 0 aliphatic rings. The average molecular weight is 314 g/mol. The first kappa shape index (κ1) is 14.5. The van der Waals surface area contributed by atoms with E-state index in [2.05, 4.69) is 15.5 Å². The molecule has 1 aromatic heterocycles. The lowest BCUT2D eigenvalue weighted by molar-refractivity contribution is 0.0950. The molecule has 1 amide bonds. The van der Waals surface area contributed by atoms with Gasteiger partial charge < -0.3 is 5.32 Å². The van der Waals surface area contributed by atoms with Crippen molar-refractivity contribution in [2.75, 3.05) is 6.26 Å². The van der Waals surface area contributed by atoms with Crippen LogP contribution in [0.4, 0.5) is 0 Å². The summed E-state index contributed by atoms with van der Waals surface area (Å²) < 4.78 is 23.1. The number of H-pyrrole nitrogens is 1. The van der Waals surface area contributed by atoms with Gasteiger partial charge in [-0.05, 0) is 18.2 Å². The van der Waals surface area contributed by atoms with Gasteiger partial charge in [0.2, 0.25) is 0 Å². The van der Waals surface area contributed by atoms with Gasteiger partial charge in [-0.3, -0.25) is 9.89 Å². The normalized spacial score (nSPS) is 11.3. The van der Waals surface area contributed by atoms with E-state index in [-0.39, 0.29) is 21.4 Å². The average Bonchev–Trinajstić information content (AvgIpc) is 2.88. The van der Waals surface area contributed by atoms with Crippen molar-refractivity contribution in [3.8, 4) is 0 Å². The highest BCUT2D eigenvalue weighted by Gasteiger charge is 2.15. The van der Waals surface area contributed by atoms with Gasteiger partial charge in [-0.25, -0.2) is 8.42 Å². The zero-order chi connectivity index (χ0) is 14.8. The third-order valence-electron chi connectivity index (χ3n) is 2.60. The zero-order valence-electron chi connectivity index (χ0n) is 10.6. The topological polar surface area (TPSA) is 91.9 Å². The number of benzene rings is 1. The minimum absolute atomic E-state index is 0.0601. The van der Waals surface area contributed by atoms with Crippen molar-refractivity contribution in [1.29, 1.82) is 0 Å². The monoisotopic (exact) mass is 313 g/mol. The number of halogens is 1. The van der Waals surface area contributed by atoms with Crippen molar-refractivity contribution in [3.63, 3.8) is 0 Å². The number of hydrogen-bond donors (Lipinski definition) is 2. The molecule has 0 fully saturated rings. The molecule has 6 nitrogen and oxygen atoms in total. The summed E-state index contributed by atoms with van der Waals surface area (Å²) in [4.78, 5) is 11.9. The fourth-order valence-corrected chi connectivity index (χ4v) is 2.89. The Morgan fingerprint density at radius 2 is 2.20 bits per heavy atom. The van der Waals surface area contributed by atoms with Crippen LogP contribution in [0.2, 0.25) is 5.02 Å². The van der Waals surface area contributed by atoms with E-state index in [1.54, 1.807) is 12.4 Å². The Kier molecular flexibility index (Phi) is 4.10. The van der Waals surface area contributed by atoms with Crippen molar-refractivity contribution in [1.82, 2.24) is 15.5 Å². The Bertz CT molecular complexity index is 726. The molecule has 0 bridgehead atoms. The number of carbonyl (C=O) groups excluding carboxylic acids is 1. The first-order valence-electron chi connectivity index (χ1n) is 5.63. The molecule has 0 unspecified atom stereocenters. The van der Waals surface area contributed by atoms with E-state index in [1.807, 2.05) is 0 Å². The molecule has 8 heteroatoms. The minimum atomic E-state index is -3.47. The number of nitrogens with one attached hydrogen (secondary N) is 2. The van der Waals surface area contributed by atoms with Crippen molar-refractivity contribution >= 4 is 27.3 Å². The number of aromatic amines is 1. The van der Waals surface area contributed by atoms with Crippen LogP contribution >= 0.6 is 11.6 Å². The van der Waals surface area contributed by atoms with Gasteiger partial charge in [0.05, 0.1) is 16.1 Å². The van der Waals surface area contributed by atoms with Crippen LogP contribution in [0.25, 0.3) is 0 Å². The Hall–Kier alpha value is -1.86. The van der Waals surface area contributed by atoms with E-state index in [0.717, 1.165) is 11.8 Å². The highest BCUT2D eigenvalue weighted by molar-refractivity contribution is 7.90. The number of carbonyl (C=O) groups is 1. The van der Waals surface area contributed by atoms with E-state index < -0.39 is 9.84 Å². The van der Waals surface area contributed by atoms with Gasteiger partial charge in [0, 0.05) is 30.1 Å². The van der Waals surface area contributed by atoms with Gasteiger partial charge >= 0.3 is 0 Å². The second-order valence-corrected chi connectivity index (χ2v) is 6.60. The Labute approximate surface area is 121 Å². The first-order valence-corrected chi connectivity index (χ1v) is 7.90. The summed E-state index contributed by atoms with van der Waals surface area (Å²) in [5.41, 5.74) is 1.05. The molecule has 1 aromatic carbocycles. The molecular weight excluding hydrogens is 302 g/mol. The second-order valence-electron chi connectivity index (χ2n) is 4.21. The molecule has 106 valence electrons. The number of amides is 1. The molecule has 2 N–H and O–H groups in total. The largest absolute Gasteiger partial charge is 0.348 e. The van der Waals surface area contributed by atoms with Crippen molar-refractivity contribution < 1.29 is 13.2 Å². The van der Waals surface area contributed by atoms with Gasteiger partial charge in [-0.2, -0.15) is 5.10 Å². The molecule has 0 aliphatic carbocycles. The maximum Gasteiger partial charge on any atom is 0.251 e. The highest BCUT2D eigenvalue weighted by Crippen LogP contribution is 2.22. The van der Waals surface area contributed by atoms with Gasteiger partial charge in [0.25, 0.3) is 5.91 Å². The van der Waals surface area contributed by atoms with E-state index in [4.69, 9.17) is 11.6 Å². The van der Waals surface area contributed by atoms with Gasteiger partial charge in [0.1, 0.15) is 0 Å². The predicted octanol–water partition coefficient (Wildman–Crippen LogP) is 1.40. The van der Waals surface area contributed by atoms with Gasteiger partial charge in [0.15, 0.2) is 9.84 Å². The number of hydrogen-bond acceptors (Lipinski definition) is 4. The van der Waals surface area contributed by atoms with Crippen LogP contribution in [-0.2, 0) is 16.4 Å². The molecule has 1 heterocycles. The lowest BCUT2D eigenvalue weighted by Gasteiger charge is -2.07. The maximum absolute atomic E-state index is 12.0. The van der Waals surface area contributed by atoms with Crippen LogP contribution in [0.15, 0.2) is 35.5 Å². The highest BCUT2D eigenvalue weighted by atomic mass is 35.5. The Balaban J connectivity index is 2.18. The van der Waals surface area contributed by atoms with Crippen LogP contribution in [-0.4, -0.2) is 30.8 Å². The molecule has 0 saturated carbocycles. The fourth-order valence-electron chi connectivity index (χ4n) is 1.59. The second kappa shape index (κ2) is 5.64. The Morgan fingerprint density at radius 3 is 2.80 bits per heavy atom. The number of rotatable bonds is 4. The fraction of sp³-hybridized carbons (Fsp3) is 0.167. The number of aromatic nitrogens is 2. The molecule has 2 aromatic rings. The van der Waals surface area contributed by atoms with Crippen LogP contribution in [0.5, 0.6) is 0 Å². The lowest BCUT2D eigenvalue weighted by Crippen LogP contribution is -2.22. The smallest absolute Gasteiger partial charge is 0.251 e. The van der Waals surface area contributed by atoms with Gasteiger partial charge in [-0.1, -0.05) is 11.6 Å². The van der Waals surface area contributed by atoms with Crippen LogP contribution < -0.4 is 5.32 Å². The summed E-state index contributed by atoms with van der Waals surface area (Å²) in [6.45, 7) is 0.298. The molecule has 20 heavy (non-hydrogen) atoms. The first-order chi connectivity index (χ1) is 9.38. The standard InChI is InChI=1S/C12H12ClN3O3S/c1-20(18,19)11-4-9(2-3-10(11)13)12(17)14-5-8-6-15-16-7-8/h2-4,6-7H,5H2,1H3,(H,14,17)(H,15,16). The minimum Gasteiger partial charge on any atom is -0.348 e. The predicted molar refractivity (Wildman–Crippen MR) is 74.3 cm³/mol. The number of nitrogens with zero attached hydrogens (tertiary/aromatic N) is 1. The van der Waals surface area contributed by atoms with Crippen molar-refractivity contribution in [3.05, 3.63) is 46.7 Å². The quantitative estimate of drug-likeness (QED) is 0.892. The molecule has 0 atom stereocenters. The molecule has 0 radical (unpaired) electrons. The molecular formula is C12H12ClN3O3S. The van der Waals surface area contributed by atoms with Crippen molar-refractivity contribution in [2.45, 2.75) is 11.4 Å². The van der Waals surface area contributed by atoms with Crippen LogP contribution in [0, 0.1) is 0 Å². The molecule has 0 saturated heterocycles. The summed E-state index contributed by atoms with van der Waals surface area (Å²) in [5.74, 6) is -0.382. The SMILES string of the molecule is CS(=O)(=O)c1cc(C(=O)NCc2cn[nH]c2)ccc1Cl. The van der Waals surface area contributed by atoms with Crippen LogP contribution in [0.3, 0.4) is 0 Å². The van der Waals surface area contributed by atoms with E-state index >= 15 is 0 Å². The summed E-state index contributed by atoms with van der Waals surface area (Å²) in [7, 11) is -3.47. The van der Waals surface area contributed by atoms with Gasteiger partial charge in [-0.15, -0.1) is 0 Å². The van der Waals surface area contributed by atoms with E-state index in [0.29, 0.717) is 6.54 Å². The third kappa shape index (κ3) is 3.37. The maximum atomic E-state index is 12.0. The third-order valence-corrected chi connectivity index (χ3v) is 4.18.